The van der Waals surface area contributed by atoms with Gasteiger partial charge in [-0.1, -0.05) is 0 Å². The van der Waals surface area contributed by atoms with Crippen LogP contribution in [-0.2, 0) is 6.54 Å². The lowest BCUT2D eigenvalue weighted by molar-refractivity contribution is 0.426. The quantitative estimate of drug-likeness (QED) is 0.549. The minimum absolute atomic E-state index is 0.204. The molecule has 4 aromatic rings. The molecule has 0 bridgehead atoms. The Bertz CT molecular complexity index is 1180. The highest BCUT2D eigenvalue weighted by Crippen LogP contribution is 2.33. The molecular formula is C20H25N9O. The van der Waals surface area contributed by atoms with Crippen LogP contribution in [0.5, 0.6) is 0 Å². The highest BCUT2D eigenvalue weighted by molar-refractivity contribution is 5.65. The molecule has 1 saturated heterocycles. The average molecular weight is 407 g/mol. The zero-order chi connectivity index (χ0) is 20.8. The predicted molar refractivity (Wildman–Crippen MR) is 112 cm³/mol. The molecule has 0 saturated carbocycles. The van der Waals surface area contributed by atoms with E-state index in [9.17, 15) is 0 Å². The van der Waals surface area contributed by atoms with Gasteiger partial charge in [0.25, 0.3) is 0 Å². The highest BCUT2D eigenvalue weighted by Gasteiger charge is 2.30. The first-order chi connectivity index (χ1) is 14.5. The first-order valence-corrected chi connectivity index (χ1v) is 10.3. The molecule has 1 aliphatic rings. The molecule has 0 amide bonds. The maximum atomic E-state index is 6.19. The lowest BCUT2D eigenvalue weighted by Gasteiger charge is -2.37. The fraction of sp³-hybridized carbons (Fsp3) is 0.450. The Kier molecular flexibility index (Phi) is 4.41. The largest absolute Gasteiger partial charge is 0.443 e. The number of piperidine rings is 1. The summed E-state index contributed by atoms with van der Waals surface area (Å²) in [4.78, 5) is 15.9. The van der Waals surface area contributed by atoms with Gasteiger partial charge in [-0.2, -0.15) is 9.61 Å². The summed E-state index contributed by atoms with van der Waals surface area (Å²) in [6.07, 6.45) is 9.23. The number of hydrogen-bond acceptors (Lipinski definition) is 8. The molecule has 30 heavy (non-hydrogen) atoms. The smallest absolute Gasteiger partial charge is 0.245 e. The van der Waals surface area contributed by atoms with Crippen molar-refractivity contribution in [2.24, 2.45) is 0 Å². The first kappa shape index (κ1) is 18.6. The van der Waals surface area contributed by atoms with Crippen molar-refractivity contribution in [3.05, 3.63) is 36.2 Å². The van der Waals surface area contributed by atoms with Gasteiger partial charge in [0.1, 0.15) is 12.0 Å². The standard InChI is InChI=1S/C20H25N9O/c1-4-27-11-15(9-23-27)28-10-14(6-5-12(28)2)17-25-18-13(3)16(19-22-7-8-30-19)24-20(21)29(18)26-17/h7-9,11-12,14H,4-6,10H2,1-3H3,(H2,21,24)/t12-,14-/m1/s1. The van der Waals surface area contributed by atoms with E-state index < -0.39 is 0 Å². The fourth-order valence-electron chi connectivity index (χ4n) is 4.16. The van der Waals surface area contributed by atoms with E-state index in [-0.39, 0.29) is 11.9 Å². The van der Waals surface area contributed by atoms with E-state index in [1.165, 1.54) is 6.26 Å². The monoisotopic (exact) mass is 407 g/mol. The van der Waals surface area contributed by atoms with Gasteiger partial charge in [0.05, 0.1) is 18.1 Å². The number of aryl methyl sites for hydroxylation is 2. The number of anilines is 2. The van der Waals surface area contributed by atoms with Crippen molar-refractivity contribution in [1.29, 1.82) is 0 Å². The van der Waals surface area contributed by atoms with Crippen LogP contribution in [0.2, 0.25) is 0 Å². The molecule has 0 unspecified atom stereocenters. The Morgan fingerprint density at radius 2 is 2.13 bits per heavy atom. The number of nitrogens with zero attached hydrogens (tertiary/aromatic N) is 8. The van der Waals surface area contributed by atoms with E-state index in [2.05, 4.69) is 40.0 Å². The van der Waals surface area contributed by atoms with E-state index in [1.54, 1.807) is 10.7 Å². The number of rotatable bonds is 4. The van der Waals surface area contributed by atoms with Gasteiger partial charge in [0, 0.05) is 36.8 Å². The van der Waals surface area contributed by atoms with Gasteiger partial charge in [0.15, 0.2) is 11.5 Å². The molecular weight excluding hydrogens is 382 g/mol. The second kappa shape index (κ2) is 7.12. The van der Waals surface area contributed by atoms with E-state index in [0.29, 0.717) is 23.3 Å². The van der Waals surface area contributed by atoms with E-state index in [0.717, 1.165) is 43.0 Å². The molecule has 0 aromatic carbocycles. The van der Waals surface area contributed by atoms with Crippen molar-refractivity contribution in [3.8, 4) is 11.6 Å². The summed E-state index contributed by atoms with van der Waals surface area (Å²) in [5.41, 5.74) is 9.46. The van der Waals surface area contributed by atoms with Gasteiger partial charge < -0.3 is 15.1 Å². The Hall–Kier alpha value is -3.43. The van der Waals surface area contributed by atoms with Gasteiger partial charge in [-0.05, 0) is 33.6 Å². The average Bonchev–Trinajstić information content (AvgIpc) is 3.51. The summed E-state index contributed by atoms with van der Waals surface area (Å²) in [6.45, 7) is 7.98. The van der Waals surface area contributed by atoms with Crippen molar-refractivity contribution in [1.82, 2.24) is 34.3 Å². The molecule has 10 nitrogen and oxygen atoms in total. The molecule has 0 spiro atoms. The third-order valence-corrected chi connectivity index (χ3v) is 5.91. The van der Waals surface area contributed by atoms with Gasteiger partial charge in [-0.15, -0.1) is 5.10 Å². The van der Waals surface area contributed by atoms with Crippen LogP contribution in [-0.4, -0.2) is 46.9 Å². The van der Waals surface area contributed by atoms with E-state index in [4.69, 9.17) is 20.2 Å². The number of oxazole rings is 1. The lowest BCUT2D eigenvalue weighted by atomic mass is 9.92. The highest BCUT2D eigenvalue weighted by atomic mass is 16.3. The van der Waals surface area contributed by atoms with E-state index >= 15 is 0 Å². The Labute approximate surface area is 173 Å². The van der Waals surface area contributed by atoms with Crippen LogP contribution < -0.4 is 10.6 Å². The molecule has 0 radical (unpaired) electrons. The number of nitrogen functional groups attached to an aromatic ring is 1. The topological polar surface area (TPSA) is 116 Å². The maximum absolute atomic E-state index is 6.19. The Balaban J connectivity index is 1.50. The summed E-state index contributed by atoms with van der Waals surface area (Å²) in [5, 5.41) is 9.15. The molecule has 10 heteroatoms. The van der Waals surface area contributed by atoms with Crippen LogP contribution in [0, 0.1) is 6.92 Å². The van der Waals surface area contributed by atoms with Crippen LogP contribution >= 0.6 is 0 Å². The molecule has 2 N–H and O–H groups in total. The number of hydrogen-bond donors (Lipinski definition) is 1. The zero-order valence-corrected chi connectivity index (χ0v) is 17.4. The Morgan fingerprint density at radius 3 is 2.87 bits per heavy atom. The van der Waals surface area contributed by atoms with Crippen molar-refractivity contribution < 1.29 is 4.42 Å². The van der Waals surface area contributed by atoms with Crippen molar-refractivity contribution >= 4 is 17.3 Å². The molecule has 156 valence electrons. The van der Waals surface area contributed by atoms with Gasteiger partial charge in [-0.3, -0.25) is 4.68 Å². The second-order valence-corrected chi connectivity index (χ2v) is 7.82. The number of nitrogens with two attached hydrogens (primary N) is 1. The van der Waals surface area contributed by atoms with Crippen LogP contribution in [0.3, 0.4) is 0 Å². The van der Waals surface area contributed by atoms with Crippen LogP contribution in [0.15, 0.2) is 29.3 Å². The molecule has 5 rings (SSSR count). The maximum Gasteiger partial charge on any atom is 0.245 e. The minimum atomic E-state index is 0.204. The minimum Gasteiger partial charge on any atom is -0.443 e. The summed E-state index contributed by atoms with van der Waals surface area (Å²) >= 11 is 0. The summed E-state index contributed by atoms with van der Waals surface area (Å²) < 4.78 is 8.99. The molecule has 5 heterocycles. The van der Waals surface area contributed by atoms with E-state index in [1.807, 2.05) is 17.8 Å². The molecule has 4 aromatic heterocycles. The number of fused-ring (bicyclic) bond motifs is 1. The summed E-state index contributed by atoms with van der Waals surface area (Å²) in [7, 11) is 0. The fourth-order valence-corrected chi connectivity index (χ4v) is 4.16. The molecule has 1 aliphatic heterocycles. The van der Waals surface area contributed by atoms with Gasteiger partial charge >= 0.3 is 0 Å². The van der Waals surface area contributed by atoms with Crippen LogP contribution in [0.25, 0.3) is 17.2 Å². The van der Waals surface area contributed by atoms with Crippen LogP contribution in [0.1, 0.15) is 44.0 Å². The summed E-state index contributed by atoms with van der Waals surface area (Å²) in [5.74, 6) is 1.69. The normalized spacial score (nSPS) is 19.6. The molecule has 0 aliphatic carbocycles. The van der Waals surface area contributed by atoms with Crippen molar-refractivity contribution in [2.45, 2.75) is 52.1 Å². The van der Waals surface area contributed by atoms with Crippen LogP contribution in [0.4, 0.5) is 11.6 Å². The number of aromatic nitrogens is 7. The Morgan fingerprint density at radius 1 is 1.27 bits per heavy atom. The zero-order valence-electron chi connectivity index (χ0n) is 17.4. The molecule has 1 fully saturated rings. The van der Waals surface area contributed by atoms with Gasteiger partial charge in [-0.25, -0.2) is 15.0 Å². The second-order valence-electron chi connectivity index (χ2n) is 7.82. The third kappa shape index (κ3) is 2.99. The SMILES string of the molecule is CCn1cc(N2C[C@H](c3nc4c(C)c(-c5ncco5)nc(N)n4n3)CC[C@H]2C)cn1. The van der Waals surface area contributed by atoms with Crippen molar-refractivity contribution in [2.75, 3.05) is 17.2 Å². The molecule has 2 atom stereocenters. The van der Waals surface area contributed by atoms with Gasteiger partial charge in [0.2, 0.25) is 11.8 Å². The third-order valence-electron chi connectivity index (χ3n) is 5.91. The lowest BCUT2D eigenvalue weighted by Crippen LogP contribution is -2.41. The predicted octanol–water partition coefficient (Wildman–Crippen LogP) is 2.66. The summed E-state index contributed by atoms with van der Waals surface area (Å²) in [6, 6.07) is 0.442. The first-order valence-electron chi connectivity index (χ1n) is 10.3. The van der Waals surface area contributed by atoms with Crippen molar-refractivity contribution in [3.63, 3.8) is 0 Å².